The number of fused-ring (bicyclic) bond motifs is 1. The van der Waals surface area contributed by atoms with Gasteiger partial charge < -0.3 is 19.7 Å². The zero-order valence-electron chi connectivity index (χ0n) is 22.4. The van der Waals surface area contributed by atoms with Crippen molar-refractivity contribution >= 4 is 17.8 Å². The molecule has 202 valence electrons. The zero-order valence-corrected chi connectivity index (χ0v) is 22.4. The lowest BCUT2D eigenvalue weighted by Crippen LogP contribution is -2.39. The summed E-state index contributed by atoms with van der Waals surface area (Å²) in [6.45, 7) is 3.85. The van der Waals surface area contributed by atoms with Gasteiger partial charge in [0.25, 0.3) is 0 Å². The Morgan fingerprint density at radius 2 is 1.82 bits per heavy atom. The second-order valence-electron chi connectivity index (χ2n) is 10.1. The summed E-state index contributed by atoms with van der Waals surface area (Å²) in [5, 5.41) is 3.15. The molecule has 1 aliphatic heterocycles. The van der Waals surface area contributed by atoms with E-state index in [1.54, 1.807) is 6.07 Å². The average Bonchev–Trinajstić information content (AvgIpc) is 3.79. The quantitative estimate of drug-likeness (QED) is 0.416. The van der Waals surface area contributed by atoms with Gasteiger partial charge in [0.05, 0.1) is 12.7 Å². The van der Waals surface area contributed by atoms with Crippen molar-refractivity contribution in [3.05, 3.63) is 94.5 Å². The third kappa shape index (κ3) is 5.88. The molecule has 7 heteroatoms. The number of methoxy groups -OCH3 is 1. The summed E-state index contributed by atoms with van der Waals surface area (Å²) >= 11 is 0. The number of carbonyl (C=O) groups excluding carboxylic acids is 3. The number of ether oxygens (including phenoxy) is 2. The number of nitrogens with one attached hydrogen (secondary N) is 1. The Balaban J connectivity index is 1.39. The van der Waals surface area contributed by atoms with Crippen molar-refractivity contribution in [3.8, 4) is 11.1 Å². The van der Waals surface area contributed by atoms with E-state index in [4.69, 9.17) is 9.47 Å². The molecule has 0 aromatic heterocycles. The predicted molar refractivity (Wildman–Crippen MR) is 148 cm³/mol. The van der Waals surface area contributed by atoms with Gasteiger partial charge in [-0.05, 0) is 71.2 Å². The van der Waals surface area contributed by atoms with Crippen LogP contribution in [-0.4, -0.2) is 49.6 Å². The molecule has 0 bridgehead atoms. The van der Waals surface area contributed by atoms with Gasteiger partial charge in [0.15, 0.2) is 0 Å². The number of rotatable bonds is 9. The highest BCUT2D eigenvalue weighted by atomic mass is 16.5. The van der Waals surface area contributed by atoms with Crippen LogP contribution in [0.1, 0.15) is 51.9 Å². The molecular weight excluding hydrogens is 492 g/mol. The third-order valence-corrected chi connectivity index (χ3v) is 7.69. The molecule has 3 aromatic carbocycles. The van der Waals surface area contributed by atoms with E-state index < -0.39 is 0 Å². The van der Waals surface area contributed by atoms with Crippen LogP contribution in [0.4, 0.5) is 0 Å². The van der Waals surface area contributed by atoms with Gasteiger partial charge in [-0.2, -0.15) is 0 Å². The minimum atomic E-state index is -0.383. The van der Waals surface area contributed by atoms with Crippen molar-refractivity contribution in [2.75, 3.05) is 26.9 Å². The Labute approximate surface area is 229 Å². The molecule has 0 saturated heterocycles. The molecule has 39 heavy (non-hydrogen) atoms. The SMILES string of the molecule is CCOCC(=O)N1CCc2c(-c3cccc(C(=O)OC)c3)ccc(CNC(=O)[C@H]3C[C@@H]3c3ccccc3)c2C1. The van der Waals surface area contributed by atoms with Crippen LogP contribution in [0.2, 0.25) is 0 Å². The average molecular weight is 527 g/mol. The lowest BCUT2D eigenvalue weighted by molar-refractivity contribution is -0.137. The van der Waals surface area contributed by atoms with E-state index in [9.17, 15) is 14.4 Å². The van der Waals surface area contributed by atoms with E-state index in [0.717, 1.165) is 34.2 Å². The number of hydrogen-bond donors (Lipinski definition) is 1. The lowest BCUT2D eigenvalue weighted by Gasteiger charge is -2.32. The number of carbonyl (C=O) groups is 3. The fourth-order valence-corrected chi connectivity index (χ4v) is 5.47. The standard InChI is InChI=1S/C32H34N2O5/c1-3-39-20-30(35)34-15-14-26-25(22-10-7-11-23(16-22)32(37)38-2)13-12-24(29(26)19-34)18-33-31(36)28-17-27(28)21-8-5-4-6-9-21/h4-13,16,27-28H,3,14-15,17-20H2,1-2H3,(H,33,36)/t27-,28+/m1/s1. The van der Waals surface area contributed by atoms with Crippen LogP contribution in [0, 0.1) is 5.92 Å². The van der Waals surface area contributed by atoms with E-state index in [1.165, 1.54) is 12.7 Å². The van der Waals surface area contributed by atoms with Crippen molar-refractivity contribution in [3.63, 3.8) is 0 Å². The van der Waals surface area contributed by atoms with E-state index in [0.29, 0.717) is 38.2 Å². The molecule has 7 nitrogen and oxygen atoms in total. The summed E-state index contributed by atoms with van der Waals surface area (Å²) in [6, 6.07) is 21.6. The Morgan fingerprint density at radius 3 is 2.59 bits per heavy atom. The number of amides is 2. The molecule has 0 spiro atoms. The van der Waals surface area contributed by atoms with E-state index in [1.807, 2.05) is 54.3 Å². The molecule has 1 heterocycles. The fraction of sp³-hybridized carbons (Fsp3) is 0.344. The molecule has 2 amide bonds. The molecule has 5 rings (SSSR count). The first kappa shape index (κ1) is 26.6. The van der Waals surface area contributed by atoms with Crippen LogP contribution < -0.4 is 5.32 Å². The predicted octanol–water partition coefficient (Wildman–Crippen LogP) is 4.48. The third-order valence-electron chi connectivity index (χ3n) is 7.69. The second kappa shape index (κ2) is 11.8. The smallest absolute Gasteiger partial charge is 0.337 e. The van der Waals surface area contributed by atoms with Crippen LogP contribution in [0.3, 0.4) is 0 Å². The van der Waals surface area contributed by atoms with Gasteiger partial charge in [0, 0.05) is 32.2 Å². The summed E-state index contributed by atoms with van der Waals surface area (Å²) in [4.78, 5) is 39.8. The van der Waals surface area contributed by atoms with Gasteiger partial charge >= 0.3 is 5.97 Å². The van der Waals surface area contributed by atoms with Crippen molar-refractivity contribution in [1.29, 1.82) is 0 Å². The molecule has 1 saturated carbocycles. The summed E-state index contributed by atoms with van der Waals surface area (Å²) < 4.78 is 10.3. The maximum Gasteiger partial charge on any atom is 0.337 e. The number of nitrogens with zero attached hydrogens (tertiary/aromatic N) is 1. The van der Waals surface area contributed by atoms with Crippen molar-refractivity contribution < 1.29 is 23.9 Å². The maximum absolute atomic E-state index is 13.0. The van der Waals surface area contributed by atoms with Gasteiger partial charge in [-0.15, -0.1) is 0 Å². The minimum absolute atomic E-state index is 0.00664. The molecule has 0 unspecified atom stereocenters. The Morgan fingerprint density at radius 1 is 1.00 bits per heavy atom. The largest absolute Gasteiger partial charge is 0.465 e. The highest BCUT2D eigenvalue weighted by molar-refractivity contribution is 5.91. The summed E-state index contributed by atoms with van der Waals surface area (Å²) in [6.07, 6.45) is 1.54. The highest BCUT2D eigenvalue weighted by Crippen LogP contribution is 2.47. The van der Waals surface area contributed by atoms with Crippen molar-refractivity contribution in [1.82, 2.24) is 10.2 Å². The number of benzene rings is 3. The monoisotopic (exact) mass is 526 g/mol. The minimum Gasteiger partial charge on any atom is -0.465 e. The normalized spacial score (nSPS) is 17.7. The van der Waals surface area contributed by atoms with Crippen LogP contribution in [-0.2, 0) is 38.6 Å². The molecule has 0 radical (unpaired) electrons. The second-order valence-corrected chi connectivity index (χ2v) is 10.1. The van der Waals surface area contributed by atoms with Crippen molar-refractivity contribution in [2.45, 2.75) is 38.8 Å². The van der Waals surface area contributed by atoms with Gasteiger partial charge in [-0.3, -0.25) is 9.59 Å². The Kier molecular flexibility index (Phi) is 8.07. The molecule has 1 fully saturated rings. The van der Waals surface area contributed by atoms with E-state index in [2.05, 4.69) is 23.5 Å². The van der Waals surface area contributed by atoms with Crippen LogP contribution >= 0.6 is 0 Å². The van der Waals surface area contributed by atoms with Gasteiger partial charge in [0.1, 0.15) is 6.61 Å². The van der Waals surface area contributed by atoms with Crippen molar-refractivity contribution in [2.24, 2.45) is 5.92 Å². The number of hydrogen-bond acceptors (Lipinski definition) is 5. The lowest BCUT2D eigenvalue weighted by atomic mass is 9.87. The maximum atomic E-state index is 13.0. The molecule has 3 aromatic rings. The summed E-state index contributed by atoms with van der Waals surface area (Å²) in [7, 11) is 1.37. The van der Waals surface area contributed by atoms with E-state index >= 15 is 0 Å². The zero-order chi connectivity index (χ0) is 27.4. The summed E-state index contributed by atoms with van der Waals surface area (Å²) in [5.74, 6) is -0.0949. The Bertz CT molecular complexity index is 1370. The molecule has 2 aliphatic rings. The molecule has 1 N–H and O–H groups in total. The fourth-order valence-electron chi connectivity index (χ4n) is 5.47. The number of esters is 1. The van der Waals surface area contributed by atoms with Crippen LogP contribution in [0.25, 0.3) is 11.1 Å². The highest BCUT2D eigenvalue weighted by Gasteiger charge is 2.43. The molecule has 2 atom stereocenters. The first-order valence-corrected chi connectivity index (χ1v) is 13.5. The topological polar surface area (TPSA) is 84.9 Å². The summed E-state index contributed by atoms with van der Waals surface area (Å²) in [5.41, 5.74) is 6.81. The first-order valence-electron chi connectivity index (χ1n) is 13.5. The van der Waals surface area contributed by atoms with Crippen LogP contribution in [0.5, 0.6) is 0 Å². The van der Waals surface area contributed by atoms with Gasteiger partial charge in [-0.1, -0.05) is 54.6 Å². The van der Waals surface area contributed by atoms with Crippen LogP contribution in [0.15, 0.2) is 66.7 Å². The van der Waals surface area contributed by atoms with E-state index in [-0.39, 0.29) is 36.2 Å². The molecular formula is C32H34N2O5. The Hall–Kier alpha value is -3.97. The molecule has 1 aliphatic carbocycles. The first-order chi connectivity index (χ1) is 19.0. The van der Waals surface area contributed by atoms with Gasteiger partial charge in [-0.25, -0.2) is 4.79 Å². The van der Waals surface area contributed by atoms with Gasteiger partial charge in [0.2, 0.25) is 11.8 Å².